The molecular weight excluding hydrogens is 593 g/mol. The van der Waals surface area contributed by atoms with Gasteiger partial charge in [0.05, 0.1) is 43.0 Å². The number of carbonyl (C=O) groups is 1. The molecule has 10 heteroatoms. The number of benzene rings is 3. The summed E-state index contributed by atoms with van der Waals surface area (Å²) in [6.07, 6.45) is 0. The Morgan fingerprint density at radius 3 is 2.34 bits per heavy atom. The quantitative estimate of drug-likeness (QED) is 0.148. The minimum absolute atomic E-state index is 0.251. The van der Waals surface area contributed by atoms with Crippen LogP contribution in [0.25, 0.3) is 33.6 Å². The van der Waals surface area contributed by atoms with Crippen molar-refractivity contribution in [2.24, 2.45) is 0 Å². The van der Waals surface area contributed by atoms with Crippen LogP contribution in [0.4, 0.5) is 5.13 Å². The summed E-state index contributed by atoms with van der Waals surface area (Å²) in [4.78, 5) is 22.8. The van der Waals surface area contributed by atoms with Gasteiger partial charge in [0, 0.05) is 27.6 Å². The standard InChI is InChI=1S/C34H30N4O4S2/c1-5-42-24-13-11-23(12-14-24)30-20-43-34(37-30)38-32(39)21(2)44-33-28(19-35)26(18-29(36-33)22-9-7-6-8-10-22)27-17-25(40-3)15-16-31(27)41-4/h6-18,20-21H,5H2,1-4H3,(H,37,38,39). The summed E-state index contributed by atoms with van der Waals surface area (Å²) in [5, 5.41) is 15.5. The molecule has 2 aromatic heterocycles. The van der Waals surface area contributed by atoms with Gasteiger partial charge in [-0.05, 0) is 62.4 Å². The van der Waals surface area contributed by atoms with Crippen molar-refractivity contribution in [3.8, 4) is 57.0 Å². The Balaban J connectivity index is 1.44. The number of nitrogens with zero attached hydrogens (tertiary/aromatic N) is 3. The molecule has 0 aliphatic carbocycles. The largest absolute Gasteiger partial charge is 0.497 e. The normalized spacial score (nSPS) is 11.3. The van der Waals surface area contributed by atoms with Gasteiger partial charge in [-0.15, -0.1) is 11.3 Å². The Hall–Kier alpha value is -4.85. The maximum absolute atomic E-state index is 13.3. The lowest BCUT2D eigenvalue weighted by Crippen LogP contribution is -2.22. The number of pyridine rings is 1. The molecule has 3 aromatic carbocycles. The minimum Gasteiger partial charge on any atom is -0.497 e. The lowest BCUT2D eigenvalue weighted by Gasteiger charge is -2.17. The number of amides is 1. The summed E-state index contributed by atoms with van der Waals surface area (Å²) < 4.78 is 16.6. The summed E-state index contributed by atoms with van der Waals surface area (Å²) >= 11 is 2.57. The molecule has 1 amide bonds. The first kappa shape index (κ1) is 30.6. The van der Waals surface area contributed by atoms with Gasteiger partial charge in [-0.2, -0.15) is 5.26 Å². The molecule has 5 rings (SSSR count). The van der Waals surface area contributed by atoms with Crippen LogP contribution in [-0.2, 0) is 4.79 Å². The Bertz CT molecular complexity index is 1800. The first-order valence-electron chi connectivity index (χ1n) is 13.8. The number of thiazole rings is 1. The van der Waals surface area contributed by atoms with Crippen LogP contribution in [0.3, 0.4) is 0 Å². The molecule has 44 heavy (non-hydrogen) atoms. The molecular formula is C34H30N4O4S2. The van der Waals surface area contributed by atoms with E-state index in [4.69, 9.17) is 19.2 Å². The van der Waals surface area contributed by atoms with Crippen molar-refractivity contribution in [3.05, 3.63) is 89.8 Å². The smallest absolute Gasteiger partial charge is 0.239 e. The highest BCUT2D eigenvalue weighted by molar-refractivity contribution is 8.00. The number of nitrogens with one attached hydrogen (secondary N) is 1. The second-order valence-corrected chi connectivity index (χ2v) is 11.7. The predicted molar refractivity (Wildman–Crippen MR) is 176 cm³/mol. The molecule has 1 atom stereocenters. The van der Waals surface area contributed by atoms with Crippen molar-refractivity contribution < 1.29 is 19.0 Å². The third-order valence-corrected chi connectivity index (χ3v) is 8.56. The zero-order valence-corrected chi connectivity index (χ0v) is 26.3. The lowest BCUT2D eigenvalue weighted by molar-refractivity contribution is -0.115. The number of aromatic nitrogens is 2. The fraction of sp³-hybridized carbons (Fsp3) is 0.176. The minimum atomic E-state index is -0.585. The van der Waals surface area contributed by atoms with Crippen molar-refractivity contribution in [2.75, 3.05) is 26.1 Å². The maximum Gasteiger partial charge on any atom is 0.239 e. The van der Waals surface area contributed by atoms with E-state index in [2.05, 4.69) is 16.4 Å². The summed E-state index contributed by atoms with van der Waals surface area (Å²) in [6, 6.07) is 27.0. The molecule has 0 aliphatic rings. The highest BCUT2D eigenvalue weighted by Crippen LogP contribution is 2.41. The fourth-order valence-corrected chi connectivity index (χ4v) is 6.14. The second-order valence-electron chi connectivity index (χ2n) is 9.52. The van der Waals surface area contributed by atoms with Crippen LogP contribution in [-0.4, -0.2) is 42.0 Å². The number of anilines is 1. The van der Waals surface area contributed by atoms with Gasteiger partial charge >= 0.3 is 0 Å². The Morgan fingerprint density at radius 2 is 1.66 bits per heavy atom. The molecule has 2 heterocycles. The van der Waals surface area contributed by atoms with Crippen molar-refractivity contribution in [3.63, 3.8) is 0 Å². The molecule has 0 fully saturated rings. The van der Waals surface area contributed by atoms with Gasteiger partial charge in [0.15, 0.2) is 5.13 Å². The molecule has 0 bridgehead atoms. The van der Waals surface area contributed by atoms with E-state index < -0.39 is 5.25 Å². The number of hydrogen-bond acceptors (Lipinski definition) is 9. The number of rotatable bonds is 11. The van der Waals surface area contributed by atoms with Crippen LogP contribution in [0.1, 0.15) is 19.4 Å². The van der Waals surface area contributed by atoms with Crippen molar-refractivity contribution >= 4 is 34.1 Å². The summed E-state index contributed by atoms with van der Waals surface area (Å²) in [7, 11) is 3.17. The van der Waals surface area contributed by atoms with E-state index in [0.717, 1.165) is 22.6 Å². The van der Waals surface area contributed by atoms with Gasteiger partial charge < -0.3 is 19.5 Å². The summed E-state index contributed by atoms with van der Waals surface area (Å²) in [5.74, 6) is 1.75. The number of thioether (sulfide) groups is 1. The average molecular weight is 623 g/mol. The van der Waals surface area contributed by atoms with Gasteiger partial charge in [0.25, 0.3) is 0 Å². The first-order chi connectivity index (χ1) is 21.4. The monoisotopic (exact) mass is 622 g/mol. The zero-order valence-electron chi connectivity index (χ0n) is 24.7. The molecule has 5 aromatic rings. The summed E-state index contributed by atoms with van der Waals surface area (Å²) in [6.45, 7) is 4.32. The number of carbonyl (C=O) groups excluding carboxylic acids is 1. The molecule has 222 valence electrons. The van der Waals surface area contributed by atoms with Crippen molar-refractivity contribution in [1.82, 2.24) is 9.97 Å². The number of nitriles is 1. The molecule has 0 spiro atoms. The number of ether oxygens (including phenoxy) is 3. The topological polar surface area (TPSA) is 106 Å². The van der Waals surface area contributed by atoms with Crippen LogP contribution in [0, 0.1) is 11.3 Å². The first-order valence-corrected chi connectivity index (χ1v) is 15.6. The van der Waals surface area contributed by atoms with Gasteiger partial charge in [0.2, 0.25) is 5.91 Å². The van der Waals surface area contributed by atoms with E-state index >= 15 is 0 Å². The highest BCUT2D eigenvalue weighted by atomic mass is 32.2. The number of methoxy groups -OCH3 is 2. The maximum atomic E-state index is 13.3. The van der Waals surface area contributed by atoms with E-state index in [1.54, 1.807) is 33.3 Å². The van der Waals surface area contributed by atoms with Crippen LogP contribution in [0.5, 0.6) is 17.2 Å². The van der Waals surface area contributed by atoms with Gasteiger partial charge in [-0.1, -0.05) is 42.1 Å². The third-order valence-electron chi connectivity index (χ3n) is 6.72. The molecule has 0 radical (unpaired) electrons. The molecule has 0 saturated carbocycles. The Kier molecular flexibility index (Phi) is 9.79. The van der Waals surface area contributed by atoms with Gasteiger partial charge in [0.1, 0.15) is 28.3 Å². The Morgan fingerprint density at radius 1 is 0.932 bits per heavy atom. The fourth-order valence-electron chi connectivity index (χ4n) is 4.49. The van der Waals surface area contributed by atoms with Gasteiger partial charge in [-0.25, -0.2) is 9.97 Å². The third kappa shape index (κ3) is 6.86. The molecule has 8 nitrogen and oxygen atoms in total. The predicted octanol–water partition coefficient (Wildman–Crippen LogP) is 7.95. The van der Waals surface area contributed by atoms with Crippen molar-refractivity contribution in [1.29, 1.82) is 5.26 Å². The van der Waals surface area contributed by atoms with Crippen LogP contribution < -0.4 is 19.5 Å². The molecule has 1 N–H and O–H groups in total. The van der Waals surface area contributed by atoms with Gasteiger partial charge in [-0.3, -0.25) is 4.79 Å². The molecule has 1 unspecified atom stereocenters. The Labute approximate surface area is 264 Å². The van der Waals surface area contributed by atoms with E-state index in [0.29, 0.717) is 50.6 Å². The van der Waals surface area contributed by atoms with E-state index in [-0.39, 0.29) is 5.91 Å². The highest BCUT2D eigenvalue weighted by Gasteiger charge is 2.24. The molecule has 0 saturated heterocycles. The average Bonchev–Trinajstić information content (AvgIpc) is 3.53. The SMILES string of the molecule is CCOc1ccc(-c2csc(NC(=O)C(C)Sc3nc(-c4ccccc4)cc(-c4cc(OC)ccc4OC)c3C#N)n2)cc1. The van der Waals surface area contributed by atoms with E-state index in [9.17, 15) is 10.1 Å². The second kappa shape index (κ2) is 14.1. The van der Waals surface area contributed by atoms with Crippen LogP contribution in [0.15, 0.2) is 89.3 Å². The lowest BCUT2D eigenvalue weighted by atomic mass is 9.98. The van der Waals surface area contributed by atoms with Crippen molar-refractivity contribution in [2.45, 2.75) is 24.1 Å². The zero-order chi connectivity index (χ0) is 31.1. The van der Waals surface area contributed by atoms with Crippen LogP contribution >= 0.6 is 23.1 Å². The summed E-state index contributed by atoms with van der Waals surface area (Å²) in [5.41, 5.74) is 4.89. The van der Waals surface area contributed by atoms with E-state index in [1.807, 2.05) is 79.0 Å². The number of hydrogen-bond donors (Lipinski definition) is 1. The molecule has 0 aliphatic heterocycles. The van der Waals surface area contributed by atoms with Crippen LogP contribution in [0.2, 0.25) is 0 Å². The van der Waals surface area contributed by atoms with E-state index in [1.165, 1.54) is 23.1 Å².